The van der Waals surface area contributed by atoms with Crippen LogP contribution in [0.3, 0.4) is 0 Å². The van der Waals surface area contributed by atoms with Crippen LogP contribution in [-0.4, -0.2) is 68.6 Å². The number of hydrogen-bond donors (Lipinski definition) is 0. The molecule has 0 aromatic heterocycles. The van der Waals surface area contributed by atoms with E-state index in [-0.39, 0.29) is 43.3 Å². The molecule has 0 heterocycles. The topological polar surface area (TPSA) is 177 Å². The van der Waals surface area contributed by atoms with Gasteiger partial charge in [0.15, 0.2) is 12.2 Å². The Balaban J connectivity index is 1.59. The van der Waals surface area contributed by atoms with Gasteiger partial charge >= 0.3 is 23.9 Å². The van der Waals surface area contributed by atoms with E-state index in [1.165, 1.54) is 74.7 Å². The number of nitriles is 1. The summed E-state index contributed by atoms with van der Waals surface area (Å²) < 4.78 is 29.9. The summed E-state index contributed by atoms with van der Waals surface area (Å²) in [7, 11) is 0. The van der Waals surface area contributed by atoms with Crippen LogP contribution in [0, 0.1) is 11.5 Å². The molecule has 0 saturated carbocycles. The molecule has 0 aliphatic heterocycles. The average Bonchev–Trinajstić information content (AvgIpc) is 2.93. The smallest absolute Gasteiger partial charge is 0.347 e. The molecule has 2 aromatic carbocycles. The van der Waals surface area contributed by atoms with Gasteiger partial charge in [0.05, 0.1) is 30.0 Å². The van der Waals surface area contributed by atoms with Crippen molar-refractivity contribution in [1.82, 2.24) is 0 Å². The molecular formula is C26H24N2O11. The highest BCUT2D eigenvalue weighted by Gasteiger charge is 2.21. The van der Waals surface area contributed by atoms with Crippen molar-refractivity contribution in [3.63, 3.8) is 0 Å². The van der Waals surface area contributed by atoms with Gasteiger partial charge < -0.3 is 28.4 Å². The monoisotopic (exact) mass is 540 g/mol. The first kappa shape index (κ1) is 30.2. The number of esters is 4. The van der Waals surface area contributed by atoms with Crippen LogP contribution >= 0.6 is 0 Å². The normalized spacial score (nSPS) is 11.5. The van der Waals surface area contributed by atoms with Gasteiger partial charge in [-0.1, -0.05) is 0 Å². The first-order chi connectivity index (χ1) is 18.7. The van der Waals surface area contributed by atoms with E-state index in [1.807, 2.05) is 0 Å². The van der Waals surface area contributed by atoms with Crippen LogP contribution < -0.4 is 4.74 Å². The molecular weight excluding hydrogens is 516 g/mol. The van der Waals surface area contributed by atoms with Gasteiger partial charge in [-0.15, -0.1) is 5.26 Å². The van der Waals surface area contributed by atoms with E-state index in [9.17, 15) is 24.0 Å². The summed E-state index contributed by atoms with van der Waals surface area (Å²) in [6.45, 7) is 2.38. The van der Waals surface area contributed by atoms with Crippen LogP contribution in [0.1, 0.15) is 34.6 Å². The first-order valence-corrected chi connectivity index (χ1v) is 11.4. The lowest BCUT2D eigenvalue weighted by Gasteiger charge is -2.14. The minimum atomic E-state index is -1.18. The van der Waals surface area contributed by atoms with Gasteiger partial charge in [-0.25, -0.2) is 24.0 Å². The maximum absolute atomic E-state index is 12.1. The molecule has 0 radical (unpaired) electrons. The molecule has 0 amide bonds. The van der Waals surface area contributed by atoms with E-state index in [4.69, 9.17) is 28.9 Å². The quantitative estimate of drug-likeness (QED) is 0.0855. The van der Waals surface area contributed by atoms with Gasteiger partial charge in [0.1, 0.15) is 19.0 Å². The molecule has 0 fully saturated rings. The van der Waals surface area contributed by atoms with Crippen LogP contribution in [0.15, 0.2) is 53.5 Å². The third-order valence-corrected chi connectivity index (χ3v) is 4.71. The molecule has 0 aliphatic rings. The predicted octanol–water partition coefficient (Wildman–Crippen LogP) is 2.41. The fourth-order valence-corrected chi connectivity index (χ4v) is 2.73. The van der Waals surface area contributed by atoms with E-state index in [0.717, 1.165) is 0 Å². The van der Waals surface area contributed by atoms with E-state index in [2.05, 4.69) is 9.73 Å². The predicted molar refractivity (Wildman–Crippen MR) is 129 cm³/mol. The van der Waals surface area contributed by atoms with Gasteiger partial charge in [0.2, 0.25) is 6.08 Å². The number of carbonyl (C=O) groups excluding carboxylic acids is 5. The Kier molecular flexibility index (Phi) is 12.3. The SMILES string of the molecule is CC(OC(=O)c1ccc(N=C=O)cc1)C(=O)OCCOCCOC(=O)C(C)OC(=O)c1ccc(OC#N)cc1. The number of hydrogen-bond acceptors (Lipinski definition) is 13. The number of ether oxygens (including phenoxy) is 6. The molecule has 0 spiro atoms. The Morgan fingerprint density at radius 1 is 0.769 bits per heavy atom. The van der Waals surface area contributed by atoms with E-state index >= 15 is 0 Å². The van der Waals surface area contributed by atoms with Crippen molar-refractivity contribution in [3.05, 3.63) is 59.7 Å². The summed E-state index contributed by atoms with van der Waals surface area (Å²) >= 11 is 0. The van der Waals surface area contributed by atoms with Crippen molar-refractivity contribution in [3.8, 4) is 12.0 Å². The largest absolute Gasteiger partial charge is 0.461 e. The molecule has 204 valence electrons. The Hall–Kier alpha value is -5.05. The fraction of sp³-hybridized carbons (Fsp3) is 0.308. The molecule has 0 saturated heterocycles. The number of rotatable bonds is 14. The lowest BCUT2D eigenvalue weighted by atomic mass is 10.2. The zero-order valence-corrected chi connectivity index (χ0v) is 21.0. The molecule has 2 rings (SSSR count). The summed E-state index contributed by atoms with van der Waals surface area (Å²) in [4.78, 5) is 61.8. The first-order valence-electron chi connectivity index (χ1n) is 11.4. The van der Waals surface area contributed by atoms with Crippen molar-refractivity contribution >= 4 is 35.6 Å². The highest BCUT2D eigenvalue weighted by atomic mass is 16.6. The fourth-order valence-electron chi connectivity index (χ4n) is 2.73. The summed E-state index contributed by atoms with van der Waals surface area (Å²) in [5, 5.41) is 8.46. The summed E-state index contributed by atoms with van der Waals surface area (Å²) in [6.07, 6.45) is 0.522. The second kappa shape index (κ2) is 15.9. The van der Waals surface area contributed by atoms with Crippen molar-refractivity contribution in [2.45, 2.75) is 26.1 Å². The van der Waals surface area contributed by atoms with Crippen molar-refractivity contribution < 1.29 is 52.4 Å². The highest BCUT2D eigenvalue weighted by molar-refractivity contribution is 5.92. The summed E-state index contributed by atoms with van der Waals surface area (Å²) in [5.74, 6) is -2.85. The number of benzene rings is 2. The van der Waals surface area contributed by atoms with Gasteiger partial charge in [-0.05, 0) is 62.4 Å². The molecule has 2 atom stereocenters. The standard InChI is InChI=1S/C26H24N2O11/c1-17(38-25(32)19-3-7-21(8-4-19)28-16-29)23(30)35-13-11-34-12-14-36-24(31)18(2)39-26(33)20-5-9-22(10-6-20)37-15-27/h3-10,17-18H,11-14H2,1-2H3. The summed E-state index contributed by atoms with van der Waals surface area (Å²) in [6, 6.07) is 11.2. The minimum absolute atomic E-state index is 0.0149. The van der Waals surface area contributed by atoms with Crippen LogP contribution in [0.5, 0.6) is 5.75 Å². The van der Waals surface area contributed by atoms with Crippen molar-refractivity contribution in [2.24, 2.45) is 4.99 Å². The molecule has 2 unspecified atom stereocenters. The van der Waals surface area contributed by atoms with E-state index < -0.39 is 36.1 Å². The number of nitrogens with zero attached hydrogens (tertiary/aromatic N) is 2. The number of carbonyl (C=O) groups is 4. The third-order valence-electron chi connectivity index (χ3n) is 4.71. The lowest BCUT2D eigenvalue weighted by Crippen LogP contribution is -2.28. The molecule has 39 heavy (non-hydrogen) atoms. The molecule has 0 bridgehead atoms. The molecule has 2 aromatic rings. The average molecular weight is 540 g/mol. The molecule has 0 aliphatic carbocycles. The van der Waals surface area contributed by atoms with Gasteiger partial charge in [0.25, 0.3) is 6.26 Å². The number of isocyanates is 1. The summed E-state index contributed by atoms with van der Waals surface area (Å²) in [5.41, 5.74) is 0.623. The zero-order valence-electron chi connectivity index (χ0n) is 21.0. The van der Waals surface area contributed by atoms with Crippen LogP contribution in [0.2, 0.25) is 0 Å². The van der Waals surface area contributed by atoms with Crippen LogP contribution in [0.25, 0.3) is 0 Å². The van der Waals surface area contributed by atoms with Crippen molar-refractivity contribution in [2.75, 3.05) is 26.4 Å². The van der Waals surface area contributed by atoms with Gasteiger partial charge in [-0.2, -0.15) is 4.99 Å². The lowest BCUT2D eigenvalue weighted by molar-refractivity contribution is -0.156. The second-order valence-electron chi connectivity index (χ2n) is 7.51. The second-order valence-corrected chi connectivity index (χ2v) is 7.51. The Morgan fingerprint density at radius 2 is 1.23 bits per heavy atom. The Labute approximate surface area is 222 Å². The Bertz CT molecular complexity index is 1230. The van der Waals surface area contributed by atoms with E-state index in [0.29, 0.717) is 5.69 Å². The van der Waals surface area contributed by atoms with E-state index in [1.54, 1.807) is 0 Å². The van der Waals surface area contributed by atoms with Crippen LogP contribution in [0.4, 0.5) is 5.69 Å². The highest BCUT2D eigenvalue weighted by Crippen LogP contribution is 2.14. The molecule has 13 heteroatoms. The Morgan fingerprint density at radius 3 is 1.67 bits per heavy atom. The molecule has 13 nitrogen and oxygen atoms in total. The maximum atomic E-state index is 12.1. The third kappa shape index (κ3) is 10.5. The van der Waals surface area contributed by atoms with Crippen LogP contribution in [-0.2, 0) is 38.1 Å². The minimum Gasteiger partial charge on any atom is -0.461 e. The molecule has 0 N–H and O–H groups in total. The maximum Gasteiger partial charge on any atom is 0.347 e. The van der Waals surface area contributed by atoms with Gasteiger partial charge in [-0.3, -0.25) is 0 Å². The number of aliphatic imine (C=N–C) groups is 1. The zero-order chi connectivity index (χ0) is 28.6. The van der Waals surface area contributed by atoms with Gasteiger partial charge in [0, 0.05) is 0 Å². The van der Waals surface area contributed by atoms with Crippen molar-refractivity contribution in [1.29, 1.82) is 5.26 Å².